The molecule has 2 aromatic rings. The molecule has 0 fully saturated rings. The zero-order valence-electron chi connectivity index (χ0n) is 12.8. The van der Waals surface area contributed by atoms with Gasteiger partial charge in [-0.05, 0) is 35.4 Å². The minimum atomic E-state index is -0.272. The fourth-order valence-corrected chi connectivity index (χ4v) is 3.66. The highest BCUT2D eigenvalue weighted by Crippen LogP contribution is 2.50. The molecule has 0 aliphatic heterocycles. The van der Waals surface area contributed by atoms with Gasteiger partial charge in [-0.1, -0.05) is 44.2 Å². The van der Waals surface area contributed by atoms with Crippen LogP contribution in [0.25, 0.3) is 0 Å². The summed E-state index contributed by atoms with van der Waals surface area (Å²) in [6, 6.07) is 10.1. The lowest BCUT2D eigenvalue weighted by atomic mass is 9.84. The molecular weight excluding hydrogens is 276 g/mol. The summed E-state index contributed by atoms with van der Waals surface area (Å²) >= 11 is 0. The van der Waals surface area contributed by atoms with Gasteiger partial charge in [0.05, 0.1) is 5.56 Å². The fraction of sp³-hybridized carbons (Fsp3) is 0.316. The van der Waals surface area contributed by atoms with Crippen molar-refractivity contribution in [3.8, 4) is 11.5 Å². The number of phenolic OH excluding ortho intramolecular Hbond substituents is 2. The third-order valence-electron chi connectivity index (χ3n) is 4.60. The smallest absolute Gasteiger partial charge is 0.168 e. The zero-order valence-corrected chi connectivity index (χ0v) is 12.8. The molecule has 1 unspecified atom stereocenters. The van der Waals surface area contributed by atoms with Crippen LogP contribution >= 0.6 is 0 Å². The highest BCUT2D eigenvalue weighted by atomic mass is 16.3. The highest BCUT2D eigenvalue weighted by Gasteiger charge is 2.34. The summed E-state index contributed by atoms with van der Waals surface area (Å²) in [5.74, 6) is -0.173. The maximum Gasteiger partial charge on any atom is 0.168 e. The number of phenols is 2. The average molecular weight is 296 g/mol. The monoisotopic (exact) mass is 296 g/mol. The van der Waals surface area contributed by atoms with Crippen LogP contribution in [0.2, 0.25) is 0 Å². The maximum atomic E-state index is 11.4. The van der Waals surface area contributed by atoms with Crippen molar-refractivity contribution < 1.29 is 15.0 Å². The minimum Gasteiger partial charge on any atom is -0.504 e. The first-order chi connectivity index (χ1) is 10.6. The lowest BCUT2D eigenvalue weighted by Gasteiger charge is -2.22. The van der Waals surface area contributed by atoms with Gasteiger partial charge in [0.1, 0.15) is 0 Å². The van der Waals surface area contributed by atoms with E-state index in [0.717, 1.165) is 29.5 Å². The molecule has 0 heterocycles. The number of aldehydes is 1. The van der Waals surface area contributed by atoms with Gasteiger partial charge in [-0.3, -0.25) is 4.79 Å². The summed E-state index contributed by atoms with van der Waals surface area (Å²) in [7, 11) is 0. The predicted octanol–water partition coefficient (Wildman–Crippen LogP) is 4.11. The van der Waals surface area contributed by atoms with Crippen LogP contribution in [-0.2, 0) is 6.42 Å². The SMILES string of the molecule is CC(C)c1c(O)c(O)c(C=O)c2c1C(c1ccccc1)CC2. The van der Waals surface area contributed by atoms with Gasteiger partial charge in [0.25, 0.3) is 0 Å². The van der Waals surface area contributed by atoms with E-state index in [4.69, 9.17) is 0 Å². The van der Waals surface area contributed by atoms with Crippen molar-refractivity contribution in [1.29, 1.82) is 0 Å². The Morgan fingerprint density at radius 3 is 2.41 bits per heavy atom. The van der Waals surface area contributed by atoms with Crippen molar-refractivity contribution in [2.45, 2.75) is 38.5 Å². The minimum absolute atomic E-state index is 0.0738. The Kier molecular flexibility index (Phi) is 3.65. The van der Waals surface area contributed by atoms with Crippen LogP contribution in [0.1, 0.15) is 64.7 Å². The molecule has 3 nitrogen and oxygen atoms in total. The summed E-state index contributed by atoms with van der Waals surface area (Å²) in [5, 5.41) is 20.6. The van der Waals surface area contributed by atoms with E-state index in [-0.39, 0.29) is 28.9 Å². The summed E-state index contributed by atoms with van der Waals surface area (Å²) in [6.45, 7) is 3.99. The van der Waals surface area contributed by atoms with Crippen LogP contribution in [-0.4, -0.2) is 16.5 Å². The van der Waals surface area contributed by atoms with Crippen LogP contribution in [0.4, 0.5) is 0 Å². The van der Waals surface area contributed by atoms with E-state index in [9.17, 15) is 15.0 Å². The number of aromatic hydroxyl groups is 2. The second kappa shape index (κ2) is 5.48. The summed E-state index contributed by atoms with van der Waals surface area (Å²) < 4.78 is 0. The number of rotatable bonds is 3. The molecule has 114 valence electrons. The largest absolute Gasteiger partial charge is 0.504 e. The quantitative estimate of drug-likeness (QED) is 0.662. The van der Waals surface area contributed by atoms with Crippen LogP contribution < -0.4 is 0 Å². The zero-order chi connectivity index (χ0) is 15.9. The van der Waals surface area contributed by atoms with Crippen LogP contribution in [0.15, 0.2) is 30.3 Å². The van der Waals surface area contributed by atoms with Gasteiger partial charge in [-0.2, -0.15) is 0 Å². The number of fused-ring (bicyclic) bond motifs is 1. The van der Waals surface area contributed by atoms with E-state index in [2.05, 4.69) is 12.1 Å². The number of hydrogen-bond donors (Lipinski definition) is 2. The van der Waals surface area contributed by atoms with Gasteiger partial charge in [-0.25, -0.2) is 0 Å². The molecule has 2 aromatic carbocycles. The topological polar surface area (TPSA) is 57.5 Å². The lowest BCUT2D eigenvalue weighted by molar-refractivity contribution is 0.111. The lowest BCUT2D eigenvalue weighted by Crippen LogP contribution is -2.05. The van der Waals surface area contributed by atoms with Crippen molar-refractivity contribution in [1.82, 2.24) is 0 Å². The molecule has 0 amide bonds. The van der Waals surface area contributed by atoms with Crippen molar-refractivity contribution >= 4 is 6.29 Å². The Morgan fingerprint density at radius 2 is 1.82 bits per heavy atom. The molecule has 2 N–H and O–H groups in total. The first kappa shape index (κ1) is 14.6. The standard InChI is InChI=1S/C19H20O3/c1-11(2)16-17-13(12-6-4-3-5-7-12)8-9-14(17)15(10-20)18(21)19(16)22/h3-7,10-11,13,21-22H,8-9H2,1-2H3. The molecule has 1 atom stereocenters. The Morgan fingerprint density at radius 1 is 1.14 bits per heavy atom. The van der Waals surface area contributed by atoms with Gasteiger partial charge in [0.2, 0.25) is 0 Å². The third-order valence-corrected chi connectivity index (χ3v) is 4.60. The summed E-state index contributed by atoms with van der Waals surface area (Å²) in [6.07, 6.45) is 2.30. The van der Waals surface area contributed by atoms with Crippen LogP contribution in [0.5, 0.6) is 11.5 Å². The Hall–Kier alpha value is -2.29. The van der Waals surface area contributed by atoms with Gasteiger partial charge in [0.15, 0.2) is 17.8 Å². The highest BCUT2D eigenvalue weighted by molar-refractivity contribution is 5.86. The van der Waals surface area contributed by atoms with Gasteiger partial charge in [0, 0.05) is 11.5 Å². The molecule has 3 heteroatoms. The second-order valence-corrected chi connectivity index (χ2v) is 6.19. The predicted molar refractivity (Wildman–Crippen MR) is 85.9 cm³/mol. The van der Waals surface area contributed by atoms with Gasteiger partial charge < -0.3 is 10.2 Å². The number of benzene rings is 2. The molecule has 0 bridgehead atoms. The second-order valence-electron chi connectivity index (χ2n) is 6.19. The van der Waals surface area contributed by atoms with Crippen molar-refractivity contribution in [3.05, 3.63) is 58.1 Å². The first-order valence-corrected chi connectivity index (χ1v) is 7.66. The molecule has 3 rings (SSSR count). The van der Waals surface area contributed by atoms with E-state index >= 15 is 0 Å². The van der Waals surface area contributed by atoms with E-state index in [1.165, 1.54) is 5.56 Å². The fourth-order valence-electron chi connectivity index (χ4n) is 3.66. The molecule has 0 saturated heterocycles. The van der Waals surface area contributed by atoms with E-state index in [0.29, 0.717) is 6.29 Å². The Bertz CT molecular complexity index is 717. The third kappa shape index (κ3) is 2.08. The van der Waals surface area contributed by atoms with Gasteiger partial charge >= 0.3 is 0 Å². The molecule has 1 aliphatic rings. The first-order valence-electron chi connectivity index (χ1n) is 7.66. The van der Waals surface area contributed by atoms with Crippen LogP contribution in [0, 0.1) is 0 Å². The molecule has 0 saturated carbocycles. The Balaban J connectivity index is 2.29. The maximum absolute atomic E-state index is 11.4. The molecule has 22 heavy (non-hydrogen) atoms. The number of carbonyl (C=O) groups excluding carboxylic acids is 1. The van der Waals surface area contributed by atoms with Crippen molar-refractivity contribution in [2.24, 2.45) is 0 Å². The Labute approximate surface area is 130 Å². The summed E-state index contributed by atoms with van der Waals surface area (Å²) in [4.78, 5) is 11.4. The molecule has 0 radical (unpaired) electrons. The van der Waals surface area contributed by atoms with Crippen molar-refractivity contribution in [2.75, 3.05) is 0 Å². The summed E-state index contributed by atoms with van der Waals surface area (Å²) in [5.41, 5.74) is 4.12. The van der Waals surface area contributed by atoms with E-state index in [1.54, 1.807) is 0 Å². The molecular formula is C19H20O3. The average Bonchev–Trinajstić information content (AvgIpc) is 2.93. The van der Waals surface area contributed by atoms with E-state index < -0.39 is 0 Å². The van der Waals surface area contributed by atoms with Crippen LogP contribution in [0.3, 0.4) is 0 Å². The van der Waals surface area contributed by atoms with E-state index in [1.807, 2.05) is 32.0 Å². The number of hydrogen-bond acceptors (Lipinski definition) is 3. The normalized spacial score (nSPS) is 16.8. The van der Waals surface area contributed by atoms with Gasteiger partial charge in [-0.15, -0.1) is 0 Å². The number of carbonyl (C=O) groups is 1. The molecule has 1 aliphatic carbocycles. The van der Waals surface area contributed by atoms with Crippen molar-refractivity contribution in [3.63, 3.8) is 0 Å². The molecule has 0 spiro atoms. The molecule has 0 aromatic heterocycles.